The van der Waals surface area contributed by atoms with Gasteiger partial charge in [0.05, 0.1) is 18.4 Å². The molecule has 3 rings (SSSR count). The Balaban J connectivity index is 1.91. The molecular formula is C15H14ClN3O2. The Morgan fingerprint density at radius 3 is 2.90 bits per heavy atom. The van der Waals surface area contributed by atoms with E-state index in [9.17, 15) is 4.79 Å². The van der Waals surface area contributed by atoms with E-state index in [2.05, 4.69) is 5.10 Å². The van der Waals surface area contributed by atoms with Gasteiger partial charge in [-0.1, -0.05) is 29.8 Å². The summed E-state index contributed by atoms with van der Waals surface area (Å²) in [6, 6.07) is 9.79. The van der Waals surface area contributed by atoms with Gasteiger partial charge in [-0.25, -0.2) is 4.68 Å². The fraction of sp³-hybridized carbons (Fsp3) is 0.200. The Kier molecular flexibility index (Phi) is 3.43. The predicted octanol–water partition coefficient (Wildman–Crippen LogP) is 2.82. The van der Waals surface area contributed by atoms with E-state index < -0.39 is 0 Å². The van der Waals surface area contributed by atoms with Crippen LogP contribution in [0.15, 0.2) is 45.7 Å². The maximum atomic E-state index is 11.8. The van der Waals surface area contributed by atoms with Crippen molar-refractivity contribution in [1.29, 1.82) is 0 Å². The van der Waals surface area contributed by atoms with Gasteiger partial charge >= 0.3 is 0 Å². The van der Waals surface area contributed by atoms with E-state index in [4.69, 9.17) is 16.0 Å². The third kappa shape index (κ3) is 2.52. The molecule has 5 nitrogen and oxygen atoms in total. The molecule has 0 aliphatic rings. The van der Waals surface area contributed by atoms with E-state index in [1.165, 1.54) is 4.68 Å². The second-order valence-corrected chi connectivity index (χ2v) is 5.26. The van der Waals surface area contributed by atoms with E-state index in [1.54, 1.807) is 13.2 Å². The lowest BCUT2D eigenvalue weighted by Crippen LogP contribution is -2.25. The molecule has 0 radical (unpaired) electrons. The van der Waals surface area contributed by atoms with E-state index in [0.29, 0.717) is 12.2 Å². The number of furan rings is 1. The van der Waals surface area contributed by atoms with Gasteiger partial charge in [0.2, 0.25) is 0 Å². The number of aryl methyl sites for hydroxylation is 1. The third-order valence-corrected chi connectivity index (χ3v) is 3.70. The Bertz CT molecular complexity index is 820. The molecule has 0 unspecified atom stereocenters. The number of fused-ring (bicyclic) bond motifs is 1. The molecule has 0 aliphatic heterocycles. The van der Waals surface area contributed by atoms with Gasteiger partial charge in [-0.3, -0.25) is 4.79 Å². The molecule has 0 amide bonds. The highest BCUT2D eigenvalue weighted by Crippen LogP contribution is 2.24. The summed E-state index contributed by atoms with van der Waals surface area (Å²) in [6.45, 7) is 0.503. The zero-order valence-corrected chi connectivity index (χ0v) is 12.5. The average molecular weight is 304 g/mol. The lowest BCUT2D eigenvalue weighted by Gasteiger charge is -2.18. The number of anilines is 1. The number of aromatic nitrogens is 2. The highest BCUT2D eigenvalue weighted by atomic mass is 35.5. The van der Waals surface area contributed by atoms with Crippen molar-refractivity contribution in [2.45, 2.75) is 6.54 Å². The Morgan fingerprint density at radius 1 is 1.38 bits per heavy atom. The van der Waals surface area contributed by atoms with Crippen LogP contribution in [0.25, 0.3) is 11.0 Å². The number of hydrogen-bond acceptors (Lipinski definition) is 4. The number of halogens is 1. The van der Waals surface area contributed by atoms with Gasteiger partial charge in [0.25, 0.3) is 5.56 Å². The largest absolute Gasteiger partial charge is 0.459 e. The summed E-state index contributed by atoms with van der Waals surface area (Å²) in [5, 5.41) is 5.20. The molecule has 2 heterocycles. The molecule has 0 atom stereocenters. The number of rotatable bonds is 3. The van der Waals surface area contributed by atoms with E-state index in [0.717, 1.165) is 16.7 Å². The minimum atomic E-state index is -0.314. The van der Waals surface area contributed by atoms with Crippen LogP contribution in [0.1, 0.15) is 5.76 Å². The van der Waals surface area contributed by atoms with Crippen LogP contribution in [0.2, 0.25) is 5.02 Å². The first-order valence-electron chi connectivity index (χ1n) is 6.46. The van der Waals surface area contributed by atoms with Crippen molar-refractivity contribution in [3.8, 4) is 0 Å². The van der Waals surface area contributed by atoms with E-state index >= 15 is 0 Å². The monoisotopic (exact) mass is 303 g/mol. The van der Waals surface area contributed by atoms with Crippen LogP contribution < -0.4 is 10.5 Å². The van der Waals surface area contributed by atoms with Gasteiger partial charge in [-0.2, -0.15) is 5.10 Å². The summed E-state index contributed by atoms with van der Waals surface area (Å²) in [7, 11) is 3.41. The van der Waals surface area contributed by atoms with Crippen molar-refractivity contribution >= 4 is 28.3 Å². The molecule has 0 spiro atoms. The molecule has 108 valence electrons. The smallest absolute Gasteiger partial charge is 0.287 e. The predicted molar refractivity (Wildman–Crippen MR) is 82.8 cm³/mol. The Hall–Kier alpha value is -2.27. The normalized spacial score (nSPS) is 11.0. The zero-order chi connectivity index (χ0) is 15.0. The molecular weight excluding hydrogens is 290 g/mol. The maximum Gasteiger partial charge on any atom is 0.287 e. The second kappa shape index (κ2) is 5.26. The van der Waals surface area contributed by atoms with Gasteiger partial charge in [-0.15, -0.1) is 0 Å². The highest BCUT2D eigenvalue weighted by Gasteiger charge is 2.13. The van der Waals surface area contributed by atoms with Gasteiger partial charge in [-0.05, 0) is 12.1 Å². The first-order valence-corrected chi connectivity index (χ1v) is 6.84. The topological polar surface area (TPSA) is 51.3 Å². The fourth-order valence-electron chi connectivity index (χ4n) is 2.20. The van der Waals surface area contributed by atoms with Crippen LogP contribution in [0.5, 0.6) is 0 Å². The molecule has 0 bridgehead atoms. The summed E-state index contributed by atoms with van der Waals surface area (Å²) >= 11 is 6.09. The molecule has 0 N–H and O–H groups in total. The van der Waals surface area contributed by atoms with Crippen LogP contribution in [-0.2, 0) is 13.6 Å². The number of para-hydroxylation sites is 1. The summed E-state index contributed by atoms with van der Waals surface area (Å²) in [5.74, 6) is 0.801. The molecule has 21 heavy (non-hydrogen) atoms. The van der Waals surface area contributed by atoms with Crippen LogP contribution in [0.3, 0.4) is 0 Å². The Morgan fingerprint density at radius 2 is 2.14 bits per heavy atom. The zero-order valence-electron chi connectivity index (χ0n) is 11.7. The molecule has 3 aromatic rings. The van der Waals surface area contributed by atoms with Gasteiger partial charge in [0.1, 0.15) is 16.4 Å². The van der Waals surface area contributed by atoms with Crippen molar-refractivity contribution < 1.29 is 4.42 Å². The first kappa shape index (κ1) is 13.7. The minimum absolute atomic E-state index is 0.158. The van der Waals surface area contributed by atoms with Crippen molar-refractivity contribution in [1.82, 2.24) is 9.78 Å². The summed E-state index contributed by atoms with van der Waals surface area (Å²) in [6.07, 6.45) is 1.58. The van der Waals surface area contributed by atoms with Crippen molar-refractivity contribution in [2.24, 2.45) is 7.05 Å². The molecule has 0 saturated heterocycles. The third-order valence-electron chi connectivity index (χ3n) is 3.34. The molecule has 0 fully saturated rings. The van der Waals surface area contributed by atoms with E-state index in [-0.39, 0.29) is 10.6 Å². The van der Waals surface area contributed by atoms with Crippen molar-refractivity contribution in [3.63, 3.8) is 0 Å². The lowest BCUT2D eigenvalue weighted by molar-refractivity contribution is 0.545. The summed E-state index contributed by atoms with van der Waals surface area (Å²) in [5.41, 5.74) is 1.11. The highest BCUT2D eigenvalue weighted by molar-refractivity contribution is 6.33. The van der Waals surface area contributed by atoms with Gasteiger partial charge < -0.3 is 9.32 Å². The first-order chi connectivity index (χ1) is 10.1. The quantitative estimate of drug-likeness (QED) is 0.746. The fourth-order valence-corrected chi connectivity index (χ4v) is 2.52. The number of nitrogens with zero attached hydrogens (tertiary/aromatic N) is 3. The molecule has 6 heteroatoms. The lowest BCUT2D eigenvalue weighted by atomic mass is 10.2. The SMILES string of the molecule is CN(Cc1cc2ccccc2o1)c1cnn(C)c(=O)c1Cl. The van der Waals surface area contributed by atoms with Crippen LogP contribution in [-0.4, -0.2) is 16.8 Å². The number of hydrogen-bond donors (Lipinski definition) is 0. The van der Waals surface area contributed by atoms with Gasteiger partial charge in [0, 0.05) is 19.5 Å². The number of benzene rings is 1. The van der Waals surface area contributed by atoms with Crippen molar-refractivity contribution in [3.05, 3.63) is 57.7 Å². The minimum Gasteiger partial charge on any atom is -0.459 e. The Labute approximate surface area is 126 Å². The second-order valence-electron chi connectivity index (χ2n) is 4.88. The molecule has 1 aromatic carbocycles. The molecule has 2 aromatic heterocycles. The average Bonchev–Trinajstić information content (AvgIpc) is 2.86. The maximum absolute atomic E-state index is 11.8. The van der Waals surface area contributed by atoms with Crippen LogP contribution in [0.4, 0.5) is 5.69 Å². The van der Waals surface area contributed by atoms with Crippen LogP contribution in [0, 0.1) is 0 Å². The molecule has 0 aliphatic carbocycles. The van der Waals surface area contributed by atoms with E-state index in [1.807, 2.05) is 42.3 Å². The van der Waals surface area contributed by atoms with Gasteiger partial charge in [0.15, 0.2) is 0 Å². The summed E-state index contributed by atoms with van der Waals surface area (Å²) in [4.78, 5) is 13.6. The molecule has 0 saturated carbocycles. The van der Waals surface area contributed by atoms with Crippen LogP contribution >= 0.6 is 11.6 Å². The summed E-state index contributed by atoms with van der Waals surface area (Å²) < 4.78 is 6.97. The van der Waals surface area contributed by atoms with Crippen molar-refractivity contribution in [2.75, 3.05) is 11.9 Å². The standard InChI is InChI=1S/C15H14ClN3O2/c1-18(12-8-17-19(2)15(20)14(12)16)9-11-7-10-5-3-4-6-13(10)21-11/h3-8H,9H2,1-2H3.